The monoisotopic (exact) mass is 447 g/mol. The van der Waals surface area contributed by atoms with Crippen LogP contribution < -0.4 is 10.9 Å². The third kappa shape index (κ3) is 4.34. The average molecular weight is 448 g/mol. The number of nitrogens with one attached hydrogen (secondary N) is 1. The van der Waals surface area contributed by atoms with E-state index in [-0.39, 0.29) is 23.6 Å². The number of aromatic nitrogens is 3. The van der Waals surface area contributed by atoms with E-state index in [9.17, 15) is 14.9 Å². The van der Waals surface area contributed by atoms with E-state index in [4.69, 9.17) is 4.98 Å². The van der Waals surface area contributed by atoms with Crippen molar-refractivity contribution in [3.63, 3.8) is 0 Å². The summed E-state index contributed by atoms with van der Waals surface area (Å²) in [5.74, 6) is 0.241. The molecule has 2 heterocycles. The van der Waals surface area contributed by atoms with E-state index in [1.165, 1.54) is 22.0 Å². The number of rotatable bonds is 6. The molecule has 4 rings (SSSR count). The van der Waals surface area contributed by atoms with Crippen molar-refractivity contribution in [1.82, 2.24) is 14.3 Å². The van der Waals surface area contributed by atoms with Crippen molar-refractivity contribution in [2.45, 2.75) is 44.1 Å². The molecule has 8 heteroatoms. The number of hydrogen-bond acceptors (Lipinski definition) is 5. The number of nitrogens with zero attached hydrogens (tertiary/aromatic N) is 4. The molecule has 0 saturated heterocycles. The molecule has 3 aromatic rings. The van der Waals surface area contributed by atoms with Crippen LogP contribution in [0.25, 0.3) is 5.69 Å². The maximum Gasteiger partial charge on any atom is 0.295 e. The predicted octanol–water partition coefficient (Wildman–Crippen LogP) is 3.75. The van der Waals surface area contributed by atoms with Crippen LogP contribution in [0.5, 0.6) is 0 Å². The molecule has 1 aliphatic rings. The molecule has 0 unspecified atom stereocenters. The Morgan fingerprint density at radius 1 is 1.25 bits per heavy atom. The molecule has 164 valence electrons. The van der Waals surface area contributed by atoms with Crippen LogP contribution in [0.15, 0.2) is 46.2 Å². The van der Waals surface area contributed by atoms with Gasteiger partial charge in [-0.2, -0.15) is 5.26 Å². The molecular formula is C24H25N5O2S. The summed E-state index contributed by atoms with van der Waals surface area (Å²) in [6, 6.07) is 13.5. The van der Waals surface area contributed by atoms with Crippen molar-refractivity contribution in [2.75, 3.05) is 11.1 Å². The largest absolute Gasteiger partial charge is 0.320 e. The molecule has 1 amide bonds. The van der Waals surface area contributed by atoms with Crippen LogP contribution in [-0.2, 0) is 24.7 Å². The van der Waals surface area contributed by atoms with Gasteiger partial charge in [-0.1, -0.05) is 18.2 Å². The van der Waals surface area contributed by atoms with Gasteiger partial charge in [-0.15, -0.1) is 11.8 Å². The molecule has 0 saturated carbocycles. The van der Waals surface area contributed by atoms with E-state index in [1.807, 2.05) is 36.4 Å². The Labute approximate surface area is 191 Å². The smallest absolute Gasteiger partial charge is 0.295 e. The Kier molecular flexibility index (Phi) is 6.47. The lowest BCUT2D eigenvalue weighted by atomic mass is 9.95. The molecule has 7 nitrogen and oxygen atoms in total. The highest BCUT2D eigenvalue weighted by molar-refractivity contribution is 7.99. The van der Waals surface area contributed by atoms with Crippen molar-refractivity contribution in [3.8, 4) is 11.8 Å². The first-order valence-corrected chi connectivity index (χ1v) is 11.7. The number of thioether (sulfide) groups is 1. The van der Waals surface area contributed by atoms with Crippen LogP contribution in [0, 0.1) is 18.3 Å². The van der Waals surface area contributed by atoms with Crippen molar-refractivity contribution in [3.05, 3.63) is 69.3 Å². The van der Waals surface area contributed by atoms with E-state index in [0.717, 1.165) is 37.1 Å². The molecule has 1 aromatic carbocycles. The third-order valence-corrected chi connectivity index (χ3v) is 6.77. The quantitative estimate of drug-likeness (QED) is 0.581. The van der Waals surface area contributed by atoms with Gasteiger partial charge in [0, 0.05) is 24.9 Å². The highest BCUT2D eigenvalue weighted by Crippen LogP contribution is 2.27. The molecule has 1 aliphatic carbocycles. The van der Waals surface area contributed by atoms with Gasteiger partial charge >= 0.3 is 0 Å². The van der Waals surface area contributed by atoms with Gasteiger partial charge in [-0.05, 0) is 56.4 Å². The SMILES string of the molecule is Cc1c(NC(=O)CCSc2nc3c(cc2C#N)CCCC3)c(=O)n(-c2ccccc2)n1C. The van der Waals surface area contributed by atoms with Crippen LogP contribution in [0.2, 0.25) is 0 Å². The lowest BCUT2D eigenvalue weighted by Gasteiger charge is -2.16. The number of carbonyl (C=O) groups is 1. The van der Waals surface area contributed by atoms with Crippen molar-refractivity contribution in [1.29, 1.82) is 5.26 Å². The molecule has 32 heavy (non-hydrogen) atoms. The number of amides is 1. The Morgan fingerprint density at radius 3 is 2.75 bits per heavy atom. The highest BCUT2D eigenvalue weighted by Gasteiger charge is 2.19. The lowest BCUT2D eigenvalue weighted by Crippen LogP contribution is -2.23. The third-order valence-electron chi connectivity index (χ3n) is 5.77. The second-order valence-electron chi connectivity index (χ2n) is 7.85. The summed E-state index contributed by atoms with van der Waals surface area (Å²) in [6.45, 7) is 1.81. The second-order valence-corrected chi connectivity index (χ2v) is 8.93. The average Bonchev–Trinajstić information content (AvgIpc) is 3.02. The zero-order chi connectivity index (χ0) is 22.7. The molecule has 0 radical (unpaired) electrons. The first-order chi connectivity index (χ1) is 15.5. The topological polar surface area (TPSA) is 92.7 Å². The van der Waals surface area contributed by atoms with E-state index < -0.39 is 0 Å². The van der Waals surface area contributed by atoms with Crippen LogP contribution >= 0.6 is 11.8 Å². The summed E-state index contributed by atoms with van der Waals surface area (Å²) < 4.78 is 3.27. The van der Waals surface area contributed by atoms with Crippen LogP contribution in [-0.4, -0.2) is 26.0 Å². The van der Waals surface area contributed by atoms with Gasteiger partial charge in [-0.25, -0.2) is 9.67 Å². The predicted molar refractivity (Wildman–Crippen MR) is 125 cm³/mol. The lowest BCUT2D eigenvalue weighted by molar-refractivity contribution is -0.115. The van der Waals surface area contributed by atoms with Gasteiger partial charge in [0.05, 0.1) is 16.9 Å². The fourth-order valence-corrected chi connectivity index (χ4v) is 4.88. The first-order valence-electron chi connectivity index (χ1n) is 10.7. The summed E-state index contributed by atoms with van der Waals surface area (Å²) in [7, 11) is 1.79. The molecule has 0 spiro atoms. The minimum absolute atomic E-state index is 0.216. The van der Waals surface area contributed by atoms with Crippen molar-refractivity contribution >= 4 is 23.4 Å². The minimum atomic E-state index is -0.264. The van der Waals surface area contributed by atoms with Gasteiger partial charge in [0.1, 0.15) is 16.8 Å². The molecule has 0 bridgehead atoms. The Balaban J connectivity index is 1.44. The van der Waals surface area contributed by atoms with Crippen LogP contribution in [0.1, 0.15) is 41.8 Å². The number of para-hydroxylation sites is 1. The maximum atomic E-state index is 12.9. The Bertz CT molecular complexity index is 1250. The number of hydrogen-bond donors (Lipinski definition) is 1. The number of anilines is 1. The molecule has 0 aliphatic heterocycles. The molecule has 0 fully saturated rings. The van der Waals surface area contributed by atoms with E-state index in [2.05, 4.69) is 11.4 Å². The second kappa shape index (κ2) is 9.45. The zero-order valence-electron chi connectivity index (χ0n) is 18.2. The Morgan fingerprint density at radius 2 is 2.00 bits per heavy atom. The fraction of sp³-hybridized carbons (Fsp3) is 0.333. The van der Waals surface area contributed by atoms with Crippen LogP contribution in [0.4, 0.5) is 5.69 Å². The number of fused-ring (bicyclic) bond motifs is 1. The summed E-state index contributed by atoms with van der Waals surface area (Å²) >= 11 is 1.41. The number of pyridine rings is 1. The fourth-order valence-electron chi connectivity index (χ4n) is 3.96. The maximum absolute atomic E-state index is 12.9. The highest BCUT2D eigenvalue weighted by atomic mass is 32.2. The van der Waals surface area contributed by atoms with Gasteiger partial charge < -0.3 is 5.32 Å². The van der Waals surface area contributed by atoms with Gasteiger partial charge in [0.15, 0.2) is 0 Å². The first kappa shape index (κ1) is 21.9. The van der Waals surface area contributed by atoms with E-state index in [1.54, 1.807) is 18.7 Å². The molecular weight excluding hydrogens is 422 g/mol. The molecule has 0 atom stereocenters. The van der Waals surface area contributed by atoms with Gasteiger partial charge in [0.2, 0.25) is 5.91 Å². The van der Waals surface area contributed by atoms with Gasteiger partial charge in [0.25, 0.3) is 5.56 Å². The number of benzene rings is 1. The summed E-state index contributed by atoms with van der Waals surface area (Å²) in [5.41, 5.74) is 4.26. The van der Waals surface area contributed by atoms with Gasteiger partial charge in [-0.3, -0.25) is 14.3 Å². The number of carbonyl (C=O) groups excluding carboxylic acids is 1. The number of nitriles is 1. The molecule has 2 aromatic heterocycles. The number of aryl methyl sites for hydroxylation is 2. The van der Waals surface area contributed by atoms with E-state index in [0.29, 0.717) is 22.0 Å². The van der Waals surface area contributed by atoms with E-state index >= 15 is 0 Å². The zero-order valence-corrected chi connectivity index (χ0v) is 19.0. The summed E-state index contributed by atoms with van der Waals surface area (Å²) in [4.78, 5) is 30.2. The standard InChI is InChI=1S/C24H25N5O2S/c1-16-22(24(31)29(28(16)2)19-9-4-3-5-10-19)27-21(30)12-13-32-23-18(15-25)14-17-8-6-7-11-20(17)26-23/h3-5,9-10,14H,6-8,11-13H2,1-2H3,(H,27,30). The summed E-state index contributed by atoms with van der Waals surface area (Å²) in [6.07, 6.45) is 4.39. The van der Waals surface area contributed by atoms with Crippen LogP contribution in [0.3, 0.4) is 0 Å². The van der Waals surface area contributed by atoms with Crippen molar-refractivity contribution in [2.24, 2.45) is 7.05 Å². The summed E-state index contributed by atoms with van der Waals surface area (Å²) in [5, 5.41) is 13.0. The Hall–Kier alpha value is -3.31. The normalized spacial score (nSPS) is 12.8. The van der Waals surface area contributed by atoms with Crippen molar-refractivity contribution < 1.29 is 4.79 Å². The molecule has 1 N–H and O–H groups in total. The minimum Gasteiger partial charge on any atom is -0.320 e.